The molecule has 0 bridgehead atoms. The van der Waals surface area contributed by atoms with Crippen LogP contribution >= 0.6 is 0 Å². The summed E-state index contributed by atoms with van der Waals surface area (Å²) in [6.07, 6.45) is 3.66. The lowest BCUT2D eigenvalue weighted by atomic mass is 10.3. The summed E-state index contributed by atoms with van der Waals surface area (Å²) in [5.74, 6) is -0.413. The van der Waals surface area contributed by atoms with Crippen molar-refractivity contribution in [3.05, 3.63) is 24.0 Å². The smallest absolute Gasteiger partial charge is 0.356 e. The van der Waals surface area contributed by atoms with Crippen molar-refractivity contribution in [2.24, 2.45) is 0 Å². The lowest BCUT2D eigenvalue weighted by molar-refractivity contribution is -0.128. The van der Waals surface area contributed by atoms with E-state index in [4.69, 9.17) is 0 Å². The Balaban J connectivity index is 1.92. The van der Waals surface area contributed by atoms with E-state index in [0.717, 1.165) is 25.9 Å². The van der Waals surface area contributed by atoms with Crippen LogP contribution in [-0.4, -0.2) is 48.5 Å². The summed E-state index contributed by atoms with van der Waals surface area (Å²) in [4.78, 5) is 28.9. The third-order valence-corrected chi connectivity index (χ3v) is 3.06. The number of ether oxygens (including phenoxy) is 1. The van der Waals surface area contributed by atoms with Crippen LogP contribution in [0.4, 0.5) is 5.69 Å². The Labute approximate surface area is 111 Å². The minimum Gasteiger partial charge on any atom is -0.464 e. The van der Waals surface area contributed by atoms with Crippen molar-refractivity contribution in [2.75, 3.05) is 32.1 Å². The maximum absolute atomic E-state index is 11.8. The fourth-order valence-electron chi connectivity index (χ4n) is 2.01. The van der Waals surface area contributed by atoms with Gasteiger partial charge in [0.05, 0.1) is 13.7 Å². The molecule has 1 aliphatic rings. The molecular formula is C13H17N3O3. The minimum atomic E-state index is -0.491. The van der Waals surface area contributed by atoms with Crippen LogP contribution in [0.3, 0.4) is 0 Å². The second-order valence-corrected chi connectivity index (χ2v) is 4.36. The Morgan fingerprint density at radius 1 is 1.42 bits per heavy atom. The molecule has 1 aliphatic heterocycles. The van der Waals surface area contributed by atoms with Crippen LogP contribution < -0.4 is 5.32 Å². The van der Waals surface area contributed by atoms with Crippen LogP contribution in [0.5, 0.6) is 0 Å². The first-order chi connectivity index (χ1) is 9.20. The number of pyridine rings is 1. The number of amides is 1. The molecule has 1 fully saturated rings. The Bertz CT molecular complexity index is 470. The lowest BCUT2D eigenvalue weighted by Gasteiger charge is -2.16. The van der Waals surface area contributed by atoms with Gasteiger partial charge in [-0.05, 0) is 25.0 Å². The average Bonchev–Trinajstić information content (AvgIpc) is 2.98. The molecule has 0 radical (unpaired) electrons. The standard InChI is InChI=1S/C13H17N3O3/c1-19-13(18)11-8-10(4-5-14-11)15-9-12(17)16-6-2-3-7-16/h4-5,8H,2-3,6-7,9H2,1H3,(H,14,15). The number of esters is 1. The van der Waals surface area contributed by atoms with E-state index in [0.29, 0.717) is 5.69 Å². The van der Waals surface area contributed by atoms with Gasteiger partial charge in [0.15, 0.2) is 0 Å². The molecule has 0 aromatic carbocycles. The first-order valence-corrected chi connectivity index (χ1v) is 6.26. The number of nitrogens with zero attached hydrogens (tertiary/aromatic N) is 2. The van der Waals surface area contributed by atoms with Gasteiger partial charge in [-0.15, -0.1) is 0 Å². The quantitative estimate of drug-likeness (QED) is 0.817. The van der Waals surface area contributed by atoms with Gasteiger partial charge in [0.25, 0.3) is 0 Å². The second-order valence-electron chi connectivity index (χ2n) is 4.36. The average molecular weight is 263 g/mol. The number of hydrogen-bond donors (Lipinski definition) is 1. The van der Waals surface area contributed by atoms with Gasteiger partial charge in [-0.2, -0.15) is 0 Å². The zero-order valence-corrected chi connectivity index (χ0v) is 10.9. The maximum Gasteiger partial charge on any atom is 0.356 e. The first-order valence-electron chi connectivity index (χ1n) is 6.26. The minimum absolute atomic E-state index is 0.0777. The number of hydrogen-bond acceptors (Lipinski definition) is 5. The number of aromatic nitrogens is 1. The molecule has 0 saturated carbocycles. The third-order valence-electron chi connectivity index (χ3n) is 3.06. The van der Waals surface area contributed by atoms with Gasteiger partial charge >= 0.3 is 5.97 Å². The van der Waals surface area contributed by atoms with E-state index in [1.807, 2.05) is 4.90 Å². The van der Waals surface area contributed by atoms with Gasteiger partial charge in [0, 0.05) is 25.0 Å². The predicted molar refractivity (Wildman–Crippen MR) is 69.9 cm³/mol. The molecule has 102 valence electrons. The Kier molecular flexibility index (Phi) is 4.33. The first kappa shape index (κ1) is 13.3. The topological polar surface area (TPSA) is 71.5 Å². The summed E-state index contributed by atoms with van der Waals surface area (Å²) in [5, 5.41) is 3.00. The van der Waals surface area contributed by atoms with Crippen LogP contribution in [0.2, 0.25) is 0 Å². The van der Waals surface area contributed by atoms with E-state index in [2.05, 4.69) is 15.0 Å². The highest BCUT2D eigenvalue weighted by molar-refractivity contribution is 5.88. The van der Waals surface area contributed by atoms with Crippen LogP contribution in [-0.2, 0) is 9.53 Å². The molecule has 1 aromatic rings. The van der Waals surface area contributed by atoms with Crippen LogP contribution in [0.15, 0.2) is 18.3 Å². The van der Waals surface area contributed by atoms with Gasteiger partial charge in [0.1, 0.15) is 5.69 Å². The maximum atomic E-state index is 11.8. The molecule has 6 heteroatoms. The van der Waals surface area contributed by atoms with Crippen molar-refractivity contribution in [2.45, 2.75) is 12.8 Å². The summed E-state index contributed by atoms with van der Waals surface area (Å²) in [7, 11) is 1.31. The molecule has 1 N–H and O–H groups in total. The lowest BCUT2D eigenvalue weighted by Crippen LogP contribution is -2.33. The van der Waals surface area contributed by atoms with Crippen LogP contribution in [0.1, 0.15) is 23.3 Å². The molecule has 0 aliphatic carbocycles. The van der Waals surface area contributed by atoms with Gasteiger partial charge < -0.3 is 15.0 Å². The predicted octanol–water partition coefficient (Wildman–Crippen LogP) is 0.902. The summed E-state index contributed by atoms with van der Waals surface area (Å²) in [5.41, 5.74) is 0.907. The zero-order chi connectivity index (χ0) is 13.7. The molecule has 0 atom stereocenters. The van der Waals surface area contributed by atoms with E-state index in [1.165, 1.54) is 13.3 Å². The fraction of sp³-hybridized carbons (Fsp3) is 0.462. The molecule has 0 unspecified atom stereocenters. The Morgan fingerprint density at radius 3 is 2.84 bits per heavy atom. The summed E-state index contributed by atoms with van der Waals surface area (Å²) in [6.45, 7) is 1.90. The van der Waals surface area contributed by atoms with E-state index < -0.39 is 5.97 Å². The molecule has 19 heavy (non-hydrogen) atoms. The number of anilines is 1. The number of nitrogens with one attached hydrogen (secondary N) is 1. The Morgan fingerprint density at radius 2 is 2.16 bits per heavy atom. The van der Waals surface area contributed by atoms with E-state index in [-0.39, 0.29) is 18.1 Å². The number of rotatable bonds is 4. The molecule has 2 heterocycles. The number of methoxy groups -OCH3 is 1. The molecule has 0 spiro atoms. The highest BCUT2D eigenvalue weighted by Gasteiger charge is 2.17. The van der Waals surface area contributed by atoms with Crippen molar-refractivity contribution >= 4 is 17.6 Å². The third kappa shape index (κ3) is 3.43. The van der Waals surface area contributed by atoms with Crippen molar-refractivity contribution in [3.8, 4) is 0 Å². The van der Waals surface area contributed by atoms with Gasteiger partial charge in [-0.3, -0.25) is 4.79 Å². The summed E-state index contributed by atoms with van der Waals surface area (Å²) < 4.78 is 4.59. The Hall–Kier alpha value is -2.11. The molecule has 1 aromatic heterocycles. The van der Waals surface area contributed by atoms with Crippen molar-refractivity contribution in [3.63, 3.8) is 0 Å². The number of carbonyl (C=O) groups excluding carboxylic acids is 2. The van der Waals surface area contributed by atoms with Crippen molar-refractivity contribution in [1.82, 2.24) is 9.88 Å². The van der Waals surface area contributed by atoms with E-state index >= 15 is 0 Å². The normalized spacial score (nSPS) is 14.3. The van der Waals surface area contributed by atoms with Crippen molar-refractivity contribution < 1.29 is 14.3 Å². The molecule has 2 rings (SSSR count). The largest absolute Gasteiger partial charge is 0.464 e. The SMILES string of the molecule is COC(=O)c1cc(NCC(=O)N2CCCC2)ccn1. The monoisotopic (exact) mass is 263 g/mol. The number of likely N-dealkylation sites (tertiary alicyclic amines) is 1. The van der Waals surface area contributed by atoms with Crippen LogP contribution in [0, 0.1) is 0 Å². The van der Waals surface area contributed by atoms with Gasteiger partial charge in [0.2, 0.25) is 5.91 Å². The summed E-state index contributed by atoms with van der Waals surface area (Å²) in [6, 6.07) is 3.28. The highest BCUT2D eigenvalue weighted by Crippen LogP contribution is 2.10. The molecule has 6 nitrogen and oxygen atoms in total. The zero-order valence-electron chi connectivity index (χ0n) is 10.9. The number of carbonyl (C=O) groups is 2. The molecular weight excluding hydrogens is 246 g/mol. The second kappa shape index (κ2) is 6.17. The van der Waals surface area contributed by atoms with Gasteiger partial charge in [-0.1, -0.05) is 0 Å². The fourth-order valence-corrected chi connectivity index (χ4v) is 2.01. The molecule has 1 saturated heterocycles. The van der Waals surface area contributed by atoms with E-state index in [1.54, 1.807) is 12.1 Å². The van der Waals surface area contributed by atoms with Crippen molar-refractivity contribution in [1.29, 1.82) is 0 Å². The van der Waals surface area contributed by atoms with Gasteiger partial charge in [-0.25, -0.2) is 9.78 Å². The summed E-state index contributed by atoms with van der Waals surface area (Å²) >= 11 is 0. The molecule has 1 amide bonds. The highest BCUT2D eigenvalue weighted by atomic mass is 16.5. The van der Waals surface area contributed by atoms with E-state index in [9.17, 15) is 9.59 Å². The van der Waals surface area contributed by atoms with Crippen LogP contribution in [0.25, 0.3) is 0 Å².